The van der Waals surface area contributed by atoms with Gasteiger partial charge in [-0.3, -0.25) is 4.90 Å². The minimum Gasteiger partial charge on any atom is -0.381 e. The summed E-state index contributed by atoms with van der Waals surface area (Å²) in [4.78, 5) is 6.94. The predicted molar refractivity (Wildman–Crippen MR) is 91.2 cm³/mol. The highest BCUT2D eigenvalue weighted by molar-refractivity contribution is 7.09. The van der Waals surface area contributed by atoms with E-state index in [0.29, 0.717) is 12.0 Å². The molecule has 0 bridgehead atoms. The Hall–Kier alpha value is -1.23. The van der Waals surface area contributed by atoms with E-state index < -0.39 is 0 Å². The molecule has 1 aromatic carbocycles. The number of thiazole rings is 1. The number of likely N-dealkylation sites (tertiary alicyclic amines) is 1. The number of hydrogen-bond donors (Lipinski definition) is 0. The fourth-order valence-corrected chi connectivity index (χ4v) is 4.06. The van der Waals surface area contributed by atoms with Gasteiger partial charge in [-0.05, 0) is 25.3 Å². The Morgan fingerprint density at radius 2 is 2.32 bits per heavy atom. The van der Waals surface area contributed by atoms with Crippen molar-refractivity contribution in [2.24, 2.45) is 5.92 Å². The number of benzene rings is 1. The van der Waals surface area contributed by atoms with Gasteiger partial charge in [-0.25, -0.2) is 4.98 Å². The van der Waals surface area contributed by atoms with Crippen molar-refractivity contribution in [1.82, 2.24) is 9.88 Å². The number of rotatable bonds is 5. The number of aromatic nitrogens is 1. The lowest BCUT2D eigenvalue weighted by atomic mass is 9.88. The van der Waals surface area contributed by atoms with Crippen LogP contribution >= 0.6 is 11.3 Å². The molecular weight excluding hydrogens is 292 g/mol. The van der Waals surface area contributed by atoms with E-state index in [2.05, 4.69) is 46.5 Å². The van der Waals surface area contributed by atoms with Gasteiger partial charge in [-0.1, -0.05) is 29.8 Å². The Balaban J connectivity index is 1.66. The minimum atomic E-state index is 0.369. The average Bonchev–Trinajstić information content (AvgIpc) is 3.01. The fraction of sp³-hybridized carbons (Fsp3) is 0.500. The zero-order chi connectivity index (χ0) is 15.4. The summed E-state index contributed by atoms with van der Waals surface area (Å²) in [6, 6.07) is 8.85. The van der Waals surface area contributed by atoms with Crippen molar-refractivity contribution >= 4 is 11.3 Å². The van der Waals surface area contributed by atoms with Crippen LogP contribution in [0.15, 0.2) is 35.8 Å². The molecule has 1 fully saturated rings. The normalized spacial score (nSPS) is 22.8. The summed E-state index contributed by atoms with van der Waals surface area (Å²) in [6.45, 7) is 5.32. The summed E-state index contributed by atoms with van der Waals surface area (Å²) in [5.74, 6) is 0.556. The molecule has 0 aliphatic carbocycles. The lowest BCUT2D eigenvalue weighted by molar-refractivity contribution is -0.00850. The van der Waals surface area contributed by atoms with Gasteiger partial charge in [0, 0.05) is 37.7 Å². The molecule has 118 valence electrons. The Morgan fingerprint density at radius 1 is 1.41 bits per heavy atom. The molecule has 3 nitrogen and oxygen atoms in total. The molecule has 2 heterocycles. The van der Waals surface area contributed by atoms with Crippen LogP contribution in [0.2, 0.25) is 0 Å². The molecule has 0 N–H and O–H groups in total. The molecular formula is C18H24N2OS. The molecule has 0 spiro atoms. The van der Waals surface area contributed by atoms with Crippen LogP contribution < -0.4 is 0 Å². The first-order valence-electron chi connectivity index (χ1n) is 7.93. The third-order valence-corrected chi connectivity index (χ3v) is 5.24. The Kier molecular flexibility index (Phi) is 5.24. The van der Waals surface area contributed by atoms with Gasteiger partial charge in [-0.2, -0.15) is 0 Å². The van der Waals surface area contributed by atoms with Crippen LogP contribution in [-0.2, 0) is 17.7 Å². The van der Waals surface area contributed by atoms with Crippen molar-refractivity contribution in [3.63, 3.8) is 0 Å². The first-order chi connectivity index (χ1) is 10.7. The van der Waals surface area contributed by atoms with E-state index in [9.17, 15) is 0 Å². The number of piperidine rings is 1. The van der Waals surface area contributed by atoms with E-state index >= 15 is 0 Å². The average molecular weight is 316 g/mol. The molecule has 1 aliphatic heterocycles. The Bertz CT molecular complexity index is 585. The van der Waals surface area contributed by atoms with Crippen LogP contribution in [0.1, 0.15) is 22.6 Å². The van der Waals surface area contributed by atoms with Crippen LogP contribution in [0, 0.1) is 12.8 Å². The van der Waals surface area contributed by atoms with Crippen molar-refractivity contribution in [1.29, 1.82) is 0 Å². The molecule has 2 atom stereocenters. The number of aryl methyl sites for hydroxylation is 1. The molecule has 3 rings (SSSR count). The van der Waals surface area contributed by atoms with Gasteiger partial charge in [0.2, 0.25) is 0 Å². The molecule has 1 aliphatic rings. The van der Waals surface area contributed by atoms with Gasteiger partial charge in [0.05, 0.1) is 12.6 Å². The summed E-state index contributed by atoms with van der Waals surface area (Å²) < 4.78 is 5.75. The second-order valence-corrected chi connectivity index (χ2v) is 7.16. The third kappa shape index (κ3) is 3.94. The summed E-state index contributed by atoms with van der Waals surface area (Å²) in [6.07, 6.45) is 4.46. The van der Waals surface area contributed by atoms with E-state index in [1.807, 2.05) is 13.3 Å². The van der Waals surface area contributed by atoms with E-state index in [4.69, 9.17) is 4.74 Å². The van der Waals surface area contributed by atoms with E-state index in [1.165, 1.54) is 16.1 Å². The van der Waals surface area contributed by atoms with Gasteiger partial charge in [0.15, 0.2) is 0 Å². The van der Waals surface area contributed by atoms with Crippen molar-refractivity contribution in [3.05, 3.63) is 52.0 Å². The minimum absolute atomic E-state index is 0.369. The lowest BCUT2D eigenvalue weighted by Gasteiger charge is -2.37. The lowest BCUT2D eigenvalue weighted by Crippen LogP contribution is -2.44. The van der Waals surface area contributed by atoms with E-state index in [0.717, 1.165) is 32.5 Å². The van der Waals surface area contributed by atoms with Crippen LogP contribution in [0.3, 0.4) is 0 Å². The summed E-state index contributed by atoms with van der Waals surface area (Å²) >= 11 is 1.75. The molecule has 1 aromatic heterocycles. The molecule has 4 heteroatoms. The predicted octanol–water partition coefficient (Wildman–Crippen LogP) is 3.53. The number of hydrogen-bond acceptors (Lipinski definition) is 4. The van der Waals surface area contributed by atoms with Gasteiger partial charge in [0.25, 0.3) is 0 Å². The first-order valence-corrected chi connectivity index (χ1v) is 8.81. The Labute approximate surface area is 137 Å². The number of methoxy groups -OCH3 is 1. The highest BCUT2D eigenvalue weighted by Crippen LogP contribution is 2.25. The van der Waals surface area contributed by atoms with Crippen LogP contribution in [0.4, 0.5) is 0 Å². The maximum atomic E-state index is 5.75. The highest BCUT2D eigenvalue weighted by atomic mass is 32.1. The number of nitrogens with zero attached hydrogens (tertiary/aromatic N) is 2. The van der Waals surface area contributed by atoms with Crippen molar-refractivity contribution < 1.29 is 4.74 Å². The van der Waals surface area contributed by atoms with Crippen molar-refractivity contribution in [3.8, 4) is 0 Å². The standard InChI is InChI=1S/C18H24N2OS/c1-14-4-3-5-15(10-14)11-16-12-20(8-6-17(16)21-2)13-18-19-7-9-22-18/h3-5,7,9-10,16-17H,6,8,11-13H2,1-2H3/t16-,17+/m0/s1. The molecule has 2 aromatic rings. The van der Waals surface area contributed by atoms with Crippen LogP contribution in [0.25, 0.3) is 0 Å². The zero-order valence-electron chi connectivity index (χ0n) is 13.4. The quantitative estimate of drug-likeness (QED) is 0.844. The zero-order valence-corrected chi connectivity index (χ0v) is 14.2. The van der Waals surface area contributed by atoms with Gasteiger partial charge in [0.1, 0.15) is 5.01 Å². The first kappa shape index (κ1) is 15.7. The van der Waals surface area contributed by atoms with E-state index in [1.54, 1.807) is 11.3 Å². The summed E-state index contributed by atoms with van der Waals surface area (Å²) in [5.41, 5.74) is 2.75. The maximum absolute atomic E-state index is 5.75. The van der Waals surface area contributed by atoms with Gasteiger partial charge in [-0.15, -0.1) is 11.3 Å². The molecule has 22 heavy (non-hydrogen) atoms. The summed E-state index contributed by atoms with van der Waals surface area (Å²) in [5, 5.41) is 3.27. The summed E-state index contributed by atoms with van der Waals surface area (Å²) in [7, 11) is 1.85. The van der Waals surface area contributed by atoms with E-state index in [-0.39, 0.29) is 0 Å². The smallest absolute Gasteiger partial charge is 0.107 e. The topological polar surface area (TPSA) is 25.4 Å². The SMILES string of the molecule is CO[C@@H]1CCN(Cc2nccs2)C[C@@H]1Cc1cccc(C)c1. The highest BCUT2D eigenvalue weighted by Gasteiger charge is 2.29. The fourth-order valence-electron chi connectivity index (χ4n) is 3.40. The molecule has 1 saturated heterocycles. The second-order valence-electron chi connectivity index (χ2n) is 6.18. The molecule has 0 radical (unpaired) electrons. The monoisotopic (exact) mass is 316 g/mol. The van der Waals surface area contributed by atoms with Gasteiger partial charge >= 0.3 is 0 Å². The largest absolute Gasteiger partial charge is 0.381 e. The maximum Gasteiger partial charge on any atom is 0.107 e. The van der Waals surface area contributed by atoms with Crippen molar-refractivity contribution in [2.75, 3.05) is 20.2 Å². The molecule has 0 unspecified atom stereocenters. The Morgan fingerprint density at radius 3 is 3.05 bits per heavy atom. The molecule has 0 saturated carbocycles. The number of ether oxygens (including phenoxy) is 1. The third-order valence-electron chi connectivity index (χ3n) is 4.47. The van der Waals surface area contributed by atoms with Crippen LogP contribution in [0.5, 0.6) is 0 Å². The second kappa shape index (κ2) is 7.36. The molecule has 0 amide bonds. The van der Waals surface area contributed by atoms with Crippen LogP contribution in [-0.4, -0.2) is 36.2 Å². The van der Waals surface area contributed by atoms with Gasteiger partial charge < -0.3 is 4.74 Å². The van der Waals surface area contributed by atoms with Crippen molar-refractivity contribution in [2.45, 2.75) is 32.4 Å².